The van der Waals surface area contributed by atoms with Gasteiger partial charge in [0, 0.05) is 5.56 Å². The maximum absolute atomic E-state index is 13.0. The molecule has 0 aliphatic carbocycles. The van der Waals surface area contributed by atoms with Crippen molar-refractivity contribution < 1.29 is 23.5 Å². The van der Waals surface area contributed by atoms with Crippen LogP contribution in [0.1, 0.15) is 15.9 Å². The first kappa shape index (κ1) is 10.9. The number of rotatable bonds is 1. The van der Waals surface area contributed by atoms with Crippen molar-refractivity contribution in [3.63, 3.8) is 0 Å². The van der Waals surface area contributed by atoms with Crippen molar-refractivity contribution in [1.82, 2.24) is 0 Å². The third kappa shape index (κ3) is 2.38. The van der Waals surface area contributed by atoms with E-state index in [2.05, 4.69) is 5.92 Å². The third-order valence-corrected chi connectivity index (χ3v) is 1.53. The Morgan fingerprint density at radius 2 is 1.87 bits per heavy atom. The molecule has 0 aliphatic rings. The zero-order valence-electron chi connectivity index (χ0n) is 7.25. The Morgan fingerprint density at radius 3 is 2.27 bits per heavy atom. The second-order valence-electron chi connectivity index (χ2n) is 2.51. The zero-order valence-corrected chi connectivity index (χ0v) is 7.25. The molecule has 0 atom stereocenters. The lowest BCUT2D eigenvalue weighted by molar-refractivity contribution is -0.103. The normalized spacial score (nSPS) is 8.93. The Labute approximate surface area is 83.3 Å². The fraction of sp³-hybridized carbons (Fsp3) is 0. The topological polar surface area (TPSA) is 54.4 Å². The molecule has 0 amide bonds. The van der Waals surface area contributed by atoms with Crippen LogP contribution in [0.5, 0.6) is 0 Å². The molecule has 0 unspecified atom stereocenters. The van der Waals surface area contributed by atoms with Gasteiger partial charge in [0.25, 0.3) is 0 Å². The van der Waals surface area contributed by atoms with Crippen molar-refractivity contribution in [2.75, 3.05) is 0 Å². The van der Waals surface area contributed by atoms with Crippen LogP contribution >= 0.6 is 0 Å². The SMILES string of the molecule is O=CC#Cc1cc(F)c(C(=O)O)c(F)c1. The number of aromatic carboxylic acids is 1. The molecule has 1 aromatic rings. The molecule has 0 aliphatic heterocycles. The van der Waals surface area contributed by atoms with Gasteiger partial charge in [-0.1, -0.05) is 5.92 Å². The zero-order chi connectivity index (χ0) is 11.4. The van der Waals surface area contributed by atoms with Crippen LogP contribution in [-0.4, -0.2) is 17.4 Å². The first-order chi connectivity index (χ1) is 7.06. The molecule has 3 nitrogen and oxygen atoms in total. The largest absolute Gasteiger partial charge is 0.477 e. The van der Waals surface area contributed by atoms with Gasteiger partial charge in [-0.3, -0.25) is 4.79 Å². The smallest absolute Gasteiger partial charge is 0.341 e. The fourth-order valence-electron chi connectivity index (χ4n) is 0.962. The summed E-state index contributed by atoms with van der Waals surface area (Å²) in [6, 6.07) is 1.51. The van der Waals surface area contributed by atoms with Gasteiger partial charge in [0.15, 0.2) is 6.29 Å². The maximum atomic E-state index is 13.0. The lowest BCUT2D eigenvalue weighted by Crippen LogP contribution is -2.05. The minimum Gasteiger partial charge on any atom is -0.477 e. The number of carboxylic acids is 1. The fourth-order valence-corrected chi connectivity index (χ4v) is 0.962. The number of aldehydes is 1. The molecule has 15 heavy (non-hydrogen) atoms. The number of hydrogen-bond donors (Lipinski definition) is 1. The van der Waals surface area contributed by atoms with E-state index in [-0.39, 0.29) is 11.8 Å². The van der Waals surface area contributed by atoms with Crippen LogP contribution in [-0.2, 0) is 4.79 Å². The van der Waals surface area contributed by atoms with Crippen molar-refractivity contribution in [3.8, 4) is 11.8 Å². The maximum Gasteiger partial charge on any atom is 0.341 e. The van der Waals surface area contributed by atoms with E-state index in [4.69, 9.17) is 5.11 Å². The van der Waals surface area contributed by atoms with Crippen LogP contribution in [0.25, 0.3) is 0 Å². The van der Waals surface area contributed by atoms with Crippen LogP contribution in [0.3, 0.4) is 0 Å². The molecule has 76 valence electrons. The number of benzene rings is 1. The Bertz CT molecular complexity index is 460. The van der Waals surface area contributed by atoms with Gasteiger partial charge in [0.05, 0.1) is 0 Å². The molecule has 0 saturated carbocycles. The lowest BCUT2D eigenvalue weighted by Gasteiger charge is -1.99. The highest BCUT2D eigenvalue weighted by molar-refractivity contribution is 5.88. The first-order valence-corrected chi connectivity index (χ1v) is 3.73. The Hall–Kier alpha value is -2.22. The van der Waals surface area contributed by atoms with Gasteiger partial charge >= 0.3 is 5.97 Å². The average Bonchev–Trinajstić information content (AvgIpc) is 2.12. The molecular weight excluding hydrogens is 206 g/mol. The average molecular weight is 210 g/mol. The predicted molar refractivity (Wildman–Crippen MR) is 46.3 cm³/mol. The molecule has 0 spiro atoms. The number of carboxylic acid groups (broad SMARTS) is 1. The Morgan fingerprint density at radius 1 is 1.33 bits per heavy atom. The van der Waals surface area contributed by atoms with E-state index in [1.165, 1.54) is 0 Å². The molecule has 1 rings (SSSR count). The highest BCUT2D eigenvalue weighted by Gasteiger charge is 2.16. The third-order valence-electron chi connectivity index (χ3n) is 1.53. The summed E-state index contributed by atoms with van der Waals surface area (Å²) in [5, 5.41) is 8.44. The highest BCUT2D eigenvalue weighted by atomic mass is 19.1. The summed E-state index contributed by atoms with van der Waals surface area (Å²) in [7, 11) is 0. The molecule has 0 bridgehead atoms. The van der Waals surface area contributed by atoms with Crippen molar-refractivity contribution in [3.05, 3.63) is 34.9 Å². The van der Waals surface area contributed by atoms with E-state index in [0.29, 0.717) is 0 Å². The summed E-state index contributed by atoms with van der Waals surface area (Å²) < 4.78 is 26.0. The second kappa shape index (κ2) is 4.33. The van der Waals surface area contributed by atoms with Crippen molar-refractivity contribution in [1.29, 1.82) is 0 Å². The summed E-state index contributed by atoms with van der Waals surface area (Å²) in [4.78, 5) is 20.3. The van der Waals surface area contributed by atoms with E-state index in [0.717, 1.165) is 12.1 Å². The van der Waals surface area contributed by atoms with Crippen LogP contribution in [0, 0.1) is 23.5 Å². The highest BCUT2D eigenvalue weighted by Crippen LogP contribution is 2.14. The number of carbonyl (C=O) groups is 2. The van der Waals surface area contributed by atoms with Crippen LogP contribution in [0.15, 0.2) is 12.1 Å². The molecule has 1 N–H and O–H groups in total. The van der Waals surface area contributed by atoms with Crippen LogP contribution in [0.2, 0.25) is 0 Å². The van der Waals surface area contributed by atoms with E-state index in [1.807, 2.05) is 5.92 Å². The second-order valence-corrected chi connectivity index (χ2v) is 2.51. The van der Waals surface area contributed by atoms with E-state index >= 15 is 0 Å². The summed E-state index contributed by atoms with van der Waals surface area (Å²) >= 11 is 0. The molecule has 1 aromatic carbocycles. The molecule has 0 radical (unpaired) electrons. The number of hydrogen-bond acceptors (Lipinski definition) is 2. The molecule has 0 aromatic heterocycles. The van der Waals surface area contributed by atoms with Crippen molar-refractivity contribution in [2.24, 2.45) is 0 Å². The van der Waals surface area contributed by atoms with Gasteiger partial charge in [-0.15, -0.1) is 0 Å². The number of carbonyl (C=O) groups excluding carboxylic acids is 1. The summed E-state index contributed by atoms with van der Waals surface area (Å²) in [5.74, 6) is -0.0358. The predicted octanol–water partition coefficient (Wildman–Crippen LogP) is 1.21. The summed E-state index contributed by atoms with van der Waals surface area (Å²) in [6.07, 6.45) is 0.265. The first-order valence-electron chi connectivity index (χ1n) is 3.73. The Balaban J connectivity index is 3.31. The van der Waals surface area contributed by atoms with Gasteiger partial charge in [0.1, 0.15) is 17.2 Å². The van der Waals surface area contributed by atoms with E-state index in [9.17, 15) is 18.4 Å². The molecule has 0 heterocycles. The van der Waals surface area contributed by atoms with Crippen molar-refractivity contribution in [2.45, 2.75) is 0 Å². The van der Waals surface area contributed by atoms with Gasteiger partial charge in [0.2, 0.25) is 0 Å². The van der Waals surface area contributed by atoms with Gasteiger partial charge in [-0.2, -0.15) is 0 Å². The minimum absolute atomic E-state index is 0.0953. The summed E-state index contributed by atoms with van der Waals surface area (Å²) in [6.45, 7) is 0. The van der Waals surface area contributed by atoms with Gasteiger partial charge < -0.3 is 5.11 Å². The van der Waals surface area contributed by atoms with E-state index in [1.54, 1.807) is 0 Å². The van der Waals surface area contributed by atoms with Crippen molar-refractivity contribution >= 4 is 12.3 Å². The quantitative estimate of drug-likeness (QED) is 0.560. The minimum atomic E-state index is -1.69. The summed E-state index contributed by atoms with van der Waals surface area (Å²) in [5.41, 5.74) is -1.13. The molecule has 0 fully saturated rings. The molecule has 5 heteroatoms. The van der Waals surface area contributed by atoms with Crippen LogP contribution in [0.4, 0.5) is 8.78 Å². The Kier molecular flexibility index (Phi) is 3.13. The monoisotopic (exact) mass is 210 g/mol. The van der Waals surface area contributed by atoms with E-state index < -0.39 is 23.2 Å². The van der Waals surface area contributed by atoms with Gasteiger partial charge in [-0.05, 0) is 18.1 Å². The standard InChI is InChI=1S/C10H4F2O3/c11-7-4-6(2-1-3-13)5-8(12)9(7)10(14)15/h3-5H,(H,14,15). The molecule has 0 saturated heterocycles. The number of halogens is 2. The lowest BCUT2D eigenvalue weighted by atomic mass is 10.1. The van der Waals surface area contributed by atoms with Crippen LogP contribution < -0.4 is 0 Å². The van der Waals surface area contributed by atoms with Gasteiger partial charge in [-0.25, -0.2) is 13.6 Å². The molecular formula is C10H4F2O3.